The molecule has 1 N–H and O–H groups in total. The molecular formula is C11H17NO2S. The van der Waals surface area contributed by atoms with E-state index in [1.165, 1.54) is 0 Å². The van der Waals surface area contributed by atoms with Crippen molar-refractivity contribution in [3.05, 3.63) is 18.2 Å². The molecule has 0 saturated heterocycles. The summed E-state index contributed by atoms with van der Waals surface area (Å²) in [5.74, 6) is 2.72. The van der Waals surface area contributed by atoms with Gasteiger partial charge < -0.3 is 14.8 Å². The lowest BCUT2D eigenvalue weighted by Crippen LogP contribution is -2.09. The van der Waals surface area contributed by atoms with Gasteiger partial charge in [-0.1, -0.05) is 0 Å². The first-order valence-electron chi connectivity index (χ1n) is 4.81. The molecule has 0 aliphatic carbocycles. The van der Waals surface area contributed by atoms with Gasteiger partial charge in [-0.15, -0.1) is 11.8 Å². The van der Waals surface area contributed by atoms with Crippen molar-refractivity contribution in [2.45, 2.75) is 4.90 Å². The van der Waals surface area contributed by atoms with E-state index in [9.17, 15) is 0 Å². The van der Waals surface area contributed by atoms with Crippen LogP contribution in [0.5, 0.6) is 11.5 Å². The number of ether oxygens (including phenoxy) is 2. The standard InChI is InChI=1S/C11H17NO2S/c1-12-6-7-15-11-5-4-9(13-2)8-10(11)14-3/h4-5,8,12H,6-7H2,1-3H3. The largest absolute Gasteiger partial charge is 0.497 e. The average Bonchev–Trinajstić information content (AvgIpc) is 2.29. The number of hydrogen-bond donors (Lipinski definition) is 1. The van der Waals surface area contributed by atoms with Gasteiger partial charge >= 0.3 is 0 Å². The molecule has 84 valence electrons. The molecule has 1 aromatic carbocycles. The van der Waals surface area contributed by atoms with E-state index in [2.05, 4.69) is 5.32 Å². The molecule has 1 rings (SSSR count). The fourth-order valence-electron chi connectivity index (χ4n) is 1.16. The van der Waals surface area contributed by atoms with Crippen molar-refractivity contribution in [1.82, 2.24) is 5.32 Å². The zero-order valence-corrected chi connectivity index (χ0v) is 10.2. The minimum absolute atomic E-state index is 0.824. The van der Waals surface area contributed by atoms with Crippen LogP contribution >= 0.6 is 11.8 Å². The first kappa shape index (κ1) is 12.2. The van der Waals surface area contributed by atoms with Gasteiger partial charge in [0.2, 0.25) is 0 Å². The van der Waals surface area contributed by atoms with Crippen LogP contribution in [0.3, 0.4) is 0 Å². The van der Waals surface area contributed by atoms with Crippen molar-refractivity contribution in [1.29, 1.82) is 0 Å². The van der Waals surface area contributed by atoms with Gasteiger partial charge in [0, 0.05) is 23.3 Å². The van der Waals surface area contributed by atoms with Crippen LogP contribution in [0.15, 0.2) is 23.1 Å². The van der Waals surface area contributed by atoms with Gasteiger partial charge in [-0.25, -0.2) is 0 Å². The van der Waals surface area contributed by atoms with Crippen molar-refractivity contribution in [3.8, 4) is 11.5 Å². The molecule has 0 amide bonds. The van der Waals surface area contributed by atoms with Gasteiger partial charge in [-0.2, -0.15) is 0 Å². The van der Waals surface area contributed by atoms with Crippen LogP contribution in [0, 0.1) is 0 Å². The molecule has 0 bridgehead atoms. The Morgan fingerprint density at radius 3 is 2.67 bits per heavy atom. The summed E-state index contributed by atoms with van der Waals surface area (Å²) in [6.45, 7) is 0.986. The quantitative estimate of drug-likeness (QED) is 0.595. The molecular weight excluding hydrogens is 210 g/mol. The molecule has 4 heteroatoms. The molecule has 15 heavy (non-hydrogen) atoms. The minimum atomic E-state index is 0.824. The first-order chi connectivity index (χ1) is 7.31. The Labute approximate surface area is 95.2 Å². The molecule has 0 fully saturated rings. The van der Waals surface area contributed by atoms with Crippen LogP contribution in [-0.4, -0.2) is 33.6 Å². The summed E-state index contributed by atoms with van der Waals surface area (Å²) in [4.78, 5) is 1.15. The fraction of sp³-hybridized carbons (Fsp3) is 0.455. The molecule has 1 aromatic rings. The van der Waals surface area contributed by atoms with E-state index in [4.69, 9.17) is 9.47 Å². The summed E-state index contributed by atoms with van der Waals surface area (Å²) >= 11 is 1.77. The predicted octanol–water partition coefficient (Wildman–Crippen LogP) is 2.02. The second-order valence-corrected chi connectivity index (χ2v) is 4.11. The lowest BCUT2D eigenvalue weighted by atomic mass is 10.3. The highest BCUT2D eigenvalue weighted by molar-refractivity contribution is 7.99. The van der Waals surface area contributed by atoms with Crippen LogP contribution in [0.4, 0.5) is 0 Å². The summed E-state index contributed by atoms with van der Waals surface area (Å²) in [6.07, 6.45) is 0. The Bertz CT molecular complexity index is 305. The van der Waals surface area contributed by atoms with Gasteiger partial charge in [0.15, 0.2) is 0 Å². The molecule has 0 aliphatic heterocycles. The van der Waals surface area contributed by atoms with Gasteiger partial charge in [0.25, 0.3) is 0 Å². The maximum Gasteiger partial charge on any atom is 0.136 e. The van der Waals surface area contributed by atoms with Gasteiger partial charge in [-0.05, 0) is 19.2 Å². The van der Waals surface area contributed by atoms with E-state index < -0.39 is 0 Å². The SMILES string of the molecule is CNCCSc1ccc(OC)cc1OC. The lowest BCUT2D eigenvalue weighted by molar-refractivity contribution is 0.387. The van der Waals surface area contributed by atoms with Crippen molar-refractivity contribution < 1.29 is 9.47 Å². The van der Waals surface area contributed by atoms with Gasteiger partial charge in [-0.3, -0.25) is 0 Å². The Morgan fingerprint density at radius 2 is 2.07 bits per heavy atom. The molecule has 0 aliphatic rings. The summed E-state index contributed by atoms with van der Waals surface area (Å²) < 4.78 is 10.4. The number of nitrogens with one attached hydrogen (secondary N) is 1. The molecule has 0 spiro atoms. The third-order valence-corrected chi connectivity index (χ3v) is 3.04. The van der Waals surface area contributed by atoms with Crippen LogP contribution in [-0.2, 0) is 0 Å². The molecule has 0 saturated carbocycles. The topological polar surface area (TPSA) is 30.5 Å². The molecule has 0 radical (unpaired) electrons. The van der Waals surface area contributed by atoms with Gasteiger partial charge in [0.1, 0.15) is 11.5 Å². The maximum atomic E-state index is 5.30. The number of benzene rings is 1. The monoisotopic (exact) mass is 227 g/mol. The summed E-state index contributed by atoms with van der Waals surface area (Å²) in [5.41, 5.74) is 0. The zero-order valence-electron chi connectivity index (χ0n) is 9.37. The van der Waals surface area contributed by atoms with E-state index in [0.29, 0.717) is 0 Å². The Balaban J connectivity index is 2.69. The number of methoxy groups -OCH3 is 2. The van der Waals surface area contributed by atoms with Crippen LogP contribution in [0.1, 0.15) is 0 Å². The number of hydrogen-bond acceptors (Lipinski definition) is 4. The summed E-state index contributed by atoms with van der Waals surface area (Å²) in [7, 11) is 5.28. The molecule has 0 atom stereocenters. The van der Waals surface area contributed by atoms with Crippen molar-refractivity contribution in [2.75, 3.05) is 33.6 Å². The fourth-order valence-corrected chi connectivity index (χ4v) is 2.13. The third-order valence-electron chi connectivity index (χ3n) is 1.98. The van der Waals surface area contributed by atoms with Crippen LogP contribution in [0.25, 0.3) is 0 Å². The summed E-state index contributed by atoms with van der Waals surface area (Å²) in [5, 5.41) is 3.11. The minimum Gasteiger partial charge on any atom is -0.497 e. The smallest absolute Gasteiger partial charge is 0.136 e. The number of thioether (sulfide) groups is 1. The Morgan fingerprint density at radius 1 is 1.27 bits per heavy atom. The lowest BCUT2D eigenvalue weighted by Gasteiger charge is -2.09. The highest BCUT2D eigenvalue weighted by Crippen LogP contribution is 2.32. The molecule has 0 heterocycles. The normalized spacial score (nSPS) is 10.1. The van der Waals surface area contributed by atoms with Gasteiger partial charge in [0.05, 0.1) is 14.2 Å². The number of rotatable bonds is 6. The third kappa shape index (κ3) is 3.64. The second kappa shape index (κ2) is 6.58. The Kier molecular flexibility index (Phi) is 5.36. The second-order valence-electron chi connectivity index (χ2n) is 2.97. The van der Waals surface area contributed by atoms with E-state index >= 15 is 0 Å². The first-order valence-corrected chi connectivity index (χ1v) is 5.79. The van der Waals surface area contributed by atoms with E-state index in [0.717, 1.165) is 28.7 Å². The average molecular weight is 227 g/mol. The maximum absolute atomic E-state index is 5.30. The molecule has 0 aromatic heterocycles. The molecule has 0 unspecified atom stereocenters. The zero-order chi connectivity index (χ0) is 11.1. The highest BCUT2D eigenvalue weighted by atomic mass is 32.2. The van der Waals surface area contributed by atoms with E-state index in [1.54, 1.807) is 26.0 Å². The van der Waals surface area contributed by atoms with Crippen LogP contribution < -0.4 is 14.8 Å². The van der Waals surface area contributed by atoms with E-state index in [-0.39, 0.29) is 0 Å². The van der Waals surface area contributed by atoms with Crippen LogP contribution in [0.2, 0.25) is 0 Å². The van der Waals surface area contributed by atoms with Crippen molar-refractivity contribution in [2.24, 2.45) is 0 Å². The van der Waals surface area contributed by atoms with E-state index in [1.807, 2.05) is 25.2 Å². The molecule has 3 nitrogen and oxygen atoms in total. The van der Waals surface area contributed by atoms with Crippen molar-refractivity contribution in [3.63, 3.8) is 0 Å². The van der Waals surface area contributed by atoms with Crippen molar-refractivity contribution >= 4 is 11.8 Å². The predicted molar refractivity (Wildman–Crippen MR) is 64.2 cm³/mol. The Hall–Kier alpha value is -0.870. The highest BCUT2D eigenvalue weighted by Gasteiger charge is 2.04. The summed E-state index contributed by atoms with van der Waals surface area (Å²) in [6, 6.07) is 5.88.